The van der Waals surface area contributed by atoms with E-state index in [1.54, 1.807) is 0 Å². The van der Waals surface area contributed by atoms with Crippen LogP contribution in [0.15, 0.2) is 29.2 Å². The van der Waals surface area contributed by atoms with Gasteiger partial charge in [0.2, 0.25) is 5.91 Å². The van der Waals surface area contributed by atoms with Gasteiger partial charge in [0.25, 0.3) is 5.91 Å². The number of hydrogen-bond acceptors (Lipinski definition) is 3. The first-order valence-corrected chi connectivity index (χ1v) is 7.97. The Morgan fingerprint density at radius 1 is 1.10 bits per heavy atom. The normalized spacial score (nSPS) is 19.4. The van der Waals surface area contributed by atoms with Crippen molar-refractivity contribution in [2.75, 3.05) is 13.1 Å². The van der Waals surface area contributed by atoms with Crippen molar-refractivity contribution in [2.24, 2.45) is 5.92 Å². The van der Waals surface area contributed by atoms with Gasteiger partial charge in [0.15, 0.2) is 0 Å². The van der Waals surface area contributed by atoms with Gasteiger partial charge in [-0.2, -0.15) is 0 Å². The van der Waals surface area contributed by atoms with Gasteiger partial charge in [-0.3, -0.25) is 9.59 Å². The van der Waals surface area contributed by atoms with Crippen LogP contribution in [0.3, 0.4) is 0 Å². The third-order valence-electron chi connectivity index (χ3n) is 4.21. The van der Waals surface area contributed by atoms with Gasteiger partial charge in [0.1, 0.15) is 0 Å². The SMILES string of the molecule is O=C(NC1CCN(C(=O)c2ccccc2S)CC1)C1CC1. The summed E-state index contributed by atoms with van der Waals surface area (Å²) in [5, 5.41) is 3.10. The van der Waals surface area contributed by atoms with Crippen molar-refractivity contribution in [1.29, 1.82) is 0 Å². The molecule has 112 valence electrons. The number of benzene rings is 1. The van der Waals surface area contributed by atoms with Gasteiger partial charge < -0.3 is 10.2 Å². The Bertz CT molecular complexity index is 549. The maximum atomic E-state index is 12.5. The van der Waals surface area contributed by atoms with Gasteiger partial charge >= 0.3 is 0 Å². The molecule has 21 heavy (non-hydrogen) atoms. The molecule has 0 spiro atoms. The fourth-order valence-corrected chi connectivity index (χ4v) is 2.97. The van der Waals surface area contributed by atoms with Crippen molar-refractivity contribution in [3.8, 4) is 0 Å². The number of carbonyl (C=O) groups excluding carboxylic acids is 2. The van der Waals surface area contributed by atoms with Crippen molar-refractivity contribution in [2.45, 2.75) is 36.6 Å². The van der Waals surface area contributed by atoms with E-state index >= 15 is 0 Å². The highest BCUT2D eigenvalue weighted by Gasteiger charge is 2.32. The van der Waals surface area contributed by atoms with Crippen LogP contribution in [0.25, 0.3) is 0 Å². The second kappa shape index (κ2) is 6.10. The summed E-state index contributed by atoms with van der Waals surface area (Å²) in [6.07, 6.45) is 3.72. The molecule has 1 aromatic carbocycles. The zero-order valence-corrected chi connectivity index (χ0v) is 12.8. The maximum Gasteiger partial charge on any atom is 0.254 e. The first-order valence-electron chi connectivity index (χ1n) is 7.53. The zero-order valence-electron chi connectivity index (χ0n) is 11.9. The van der Waals surface area contributed by atoms with Crippen LogP contribution in [0.5, 0.6) is 0 Å². The summed E-state index contributed by atoms with van der Waals surface area (Å²) in [6.45, 7) is 1.38. The lowest BCUT2D eigenvalue weighted by Gasteiger charge is -2.32. The molecule has 1 aromatic rings. The van der Waals surface area contributed by atoms with Crippen LogP contribution in [0.4, 0.5) is 0 Å². The Morgan fingerprint density at radius 2 is 1.76 bits per heavy atom. The van der Waals surface area contributed by atoms with Gasteiger partial charge in [0, 0.05) is 29.9 Å². The minimum absolute atomic E-state index is 0.0348. The predicted molar refractivity (Wildman–Crippen MR) is 83.5 cm³/mol. The number of rotatable bonds is 3. The molecule has 5 heteroatoms. The summed E-state index contributed by atoms with van der Waals surface area (Å²) in [5.74, 6) is 0.480. The van der Waals surface area contributed by atoms with Crippen molar-refractivity contribution in [3.05, 3.63) is 29.8 Å². The number of likely N-dealkylation sites (tertiary alicyclic amines) is 1. The quantitative estimate of drug-likeness (QED) is 0.840. The first kappa shape index (κ1) is 14.4. The third kappa shape index (κ3) is 3.40. The molecule has 1 N–H and O–H groups in total. The van der Waals surface area contributed by atoms with Gasteiger partial charge in [0.05, 0.1) is 5.56 Å². The standard InChI is InChI=1S/C16H20N2O2S/c19-15(11-5-6-11)17-12-7-9-18(10-8-12)16(20)13-3-1-2-4-14(13)21/h1-4,11-12,21H,5-10H2,(H,17,19). The van der Waals surface area contributed by atoms with E-state index in [1.807, 2.05) is 29.2 Å². The molecular formula is C16H20N2O2S. The van der Waals surface area contributed by atoms with Gasteiger partial charge in [-0.05, 0) is 37.8 Å². The fourth-order valence-electron chi connectivity index (χ4n) is 2.72. The monoisotopic (exact) mass is 304 g/mol. The van der Waals surface area contributed by atoms with E-state index in [2.05, 4.69) is 17.9 Å². The molecule has 4 nitrogen and oxygen atoms in total. The molecule has 2 fully saturated rings. The molecule has 0 aromatic heterocycles. The molecule has 1 aliphatic carbocycles. The minimum atomic E-state index is 0.0348. The second-order valence-corrected chi connectivity index (χ2v) is 6.35. The second-order valence-electron chi connectivity index (χ2n) is 5.87. The highest BCUT2D eigenvalue weighted by Crippen LogP contribution is 2.29. The zero-order chi connectivity index (χ0) is 14.8. The van der Waals surface area contributed by atoms with Crippen molar-refractivity contribution in [3.63, 3.8) is 0 Å². The summed E-state index contributed by atoms with van der Waals surface area (Å²) < 4.78 is 0. The summed E-state index contributed by atoms with van der Waals surface area (Å²) in [5.41, 5.74) is 0.654. The topological polar surface area (TPSA) is 49.4 Å². The van der Waals surface area contributed by atoms with Crippen LogP contribution in [0.2, 0.25) is 0 Å². The molecule has 1 saturated carbocycles. The molecule has 1 aliphatic heterocycles. The van der Waals surface area contributed by atoms with E-state index in [0.29, 0.717) is 23.5 Å². The summed E-state index contributed by atoms with van der Waals surface area (Å²) >= 11 is 4.34. The van der Waals surface area contributed by atoms with E-state index < -0.39 is 0 Å². The third-order valence-corrected chi connectivity index (χ3v) is 4.60. The van der Waals surface area contributed by atoms with Crippen LogP contribution in [0, 0.1) is 5.92 Å². The molecule has 0 radical (unpaired) electrons. The Hall–Kier alpha value is -1.49. The van der Waals surface area contributed by atoms with Crippen LogP contribution < -0.4 is 5.32 Å². The highest BCUT2D eigenvalue weighted by atomic mass is 32.1. The number of carbonyl (C=O) groups is 2. The number of amides is 2. The highest BCUT2D eigenvalue weighted by molar-refractivity contribution is 7.80. The molecule has 2 aliphatic rings. The predicted octanol–water partition coefficient (Wildman–Crippen LogP) is 2.11. The largest absolute Gasteiger partial charge is 0.353 e. The Balaban J connectivity index is 1.54. The molecule has 1 saturated heterocycles. The first-order chi connectivity index (χ1) is 10.1. The lowest BCUT2D eigenvalue weighted by Crippen LogP contribution is -2.47. The van der Waals surface area contributed by atoms with Gasteiger partial charge in [-0.1, -0.05) is 12.1 Å². The molecule has 2 amide bonds. The van der Waals surface area contributed by atoms with Gasteiger partial charge in [-0.25, -0.2) is 0 Å². The molecule has 1 heterocycles. The Kier molecular flexibility index (Phi) is 4.19. The van der Waals surface area contributed by atoms with E-state index in [4.69, 9.17) is 0 Å². The van der Waals surface area contributed by atoms with Crippen molar-refractivity contribution < 1.29 is 9.59 Å². The van der Waals surface area contributed by atoms with E-state index in [9.17, 15) is 9.59 Å². The number of nitrogens with zero attached hydrogens (tertiary/aromatic N) is 1. The van der Waals surface area contributed by atoms with Gasteiger partial charge in [-0.15, -0.1) is 12.6 Å². The smallest absolute Gasteiger partial charge is 0.254 e. The summed E-state index contributed by atoms with van der Waals surface area (Å²) in [4.78, 5) is 26.8. The summed E-state index contributed by atoms with van der Waals surface area (Å²) in [6, 6.07) is 7.59. The van der Waals surface area contributed by atoms with Crippen molar-refractivity contribution in [1.82, 2.24) is 10.2 Å². The molecule has 0 bridgehead atoms. The Morgan fingerprint density at radius 3 is 2.38 bits per heavy atom. The molecule has 0 unspecified atom stereocenters. The molecule has 3 rings (SSSR count). The number of piperidine rings is 1. The van der Waals surface area contributed by atoms with Crippen LogP contribution >= 0.6 is 12.6 Å². The molecular weight excluding hydrogens is 284 g/mol. The lowest BCUT2D eigenvalue weighted by molar-refractivity contribution is -0.123. The minimum Gasteiger partial charge on any atom is -0.353 e. The maximum absolute atomic E-state index is 12.5. The lowest BCUT2D eigenvalue weighted by atomic mass is 10.0. The van der Waals surface area contributed by atoms with E-state index in [1.165, 1.54) is 0 Å². The van der Waals surface area contributed by atoms with E-state index in [0.717, 1.165) is 25.7 Å². The number of nitrogens with one attached hydrogen (secondary N) is 1. The van der Waals surface area contributed by atoms with E-state index in [-0.39, 0.29) is 23.8 Å². The molecule has 0 atom stereocenters. The van der Waals surface area contributed by atoms with Crippen LogP contribution in [-0.4, -0.2) is 35.8 Å². The van der Waals surface area contributed by atoms with Crippen molar-refractivity contribution >= 4 is 24.4 Å². The number of hydrogen-bond donors (Lipinski definition) is 2. The fraction of sp³-hybridized carbons (Fsp3) is 0.500. The average molecular weight is 304 g/mol. The van der Waals surface area contributed by atoms with Crippen LogP contribution in [0.1, 0.15) is 36.0 Å². The summed E-state index contributed by atoms with van der Waals surface area (Å²) in [7, 11) is 0. The number of thiol groups is 1. The van der Waals surface area contributed by atoms with Crippen LogP contribution in [-0.2, 0) is 4.79 Å². The Labute approximate surface area is 130 Å². The average Bonchev–Trinajstić information content (AvgIpc) is 3.32.